The third-order valence-corrected chi connectivity index (χ3v) is 5.75. The number of nitrogens with zero attached hydrogens (tertiary/aromatic N) is 5. The van der Waals surface area contributed by atoms with Gasteiger partial charge >= 0.3 is 0 Å². The predicted molar refractivity (Wildman–Crippen MR) is 123 cm³/mol. The van der Waals surface area contributed by atoms with Gasteiger partial charge in [-0.05, 0) is 29.8 Å². The van der Waals surface area contributed by atoms with Gasteiger partial charge in [0.1, 0.15) is 35.0 Å². The summed E-state index contributed by atoms with van der Waals surface area (Å²) < 4.78 is 26.6. The fourth-order valence-corrected chi connectivity index (χ4v) is 3.94. The van der Waals surface area contributed by atoms with E-state index in [0.29, 0.717) is 35.0 Å². The first kappa shape index (κ1) is 21.2. The van der Waals surface area contributed by atoms with Crippen LogP contribution in [0.15, 0.2) is 55.0 Å². The zero-order valence-electron chi connectivity index (χ0n) is 17.9. The minimum absolute atomic E-state index is 0.295. The fraction of sp³-hybridized carbons (Fsp3) is 0.174. The van der Waals surface area contributed by atoms with Gasteiger partial charge in [0.05, 0.1) is 25.1 Å². The van der Waals surface area contributed by atoms with Gasteiger partial charge in [-0.15, -0.1) is 0 Å². The van der Waals surface area contributed by atoms with Crippen molar-refractivity contribution in [2.75, 3.05) is 24.8 Å². The van der Waals surface area contributed by atoms with Crippen molar-refractivity contribution in [3.8, 4) is 11.4 Å². The first-order valence-electron chi connectivity index (χ1n) is 10.1. The van der Waals surface area contributed by atoms with Crippen LogP contribution in [0.25, 0.3) is 5.69 Å². The second-order valence-electron chi connectivity index (χ2n) is 7.53. The van der Waals surface area contributed by atoms with Crippen LogP contribution in [0.4, 0.5) is 21.8 Å². The van der Waals surface area contributed by atoms with Gasteiger partial charge in [-0.3, -0.25) is 0 Å². The average molecular weight is 467 g/mol. The van der Waals surface area contributed by atoms with Crippen LogP contribution in [0.5, 0.6) is 5.75 Å². The van der Waals surface area contributed by atoms with Crippen LogP contribution >= 0.6 is 11.6 Å². The Hall–Kier alpha value is -3.69. The lowest BCUT2D eigenvalue weighted by Gasteiger charge is -2.21. The van der Waals surface area contributed by atoms with E-state index in [2.05, 4.69) is 9.97 Å². The van der Waals surface area contributed by atoms with Gasteiger partial charge in [-0.25, -0.2) is 14.4 Å². The highest BCUT2D eigenvalue weighted by atomic mass is 35.5. The zero-order valence-corrected chi connectivity index (χ0v) is 18.6. The van der Waals surface area contributed by atoms with Crippen LogP contribution in [-0.2, 0) is 11.3 Å². The summed E-state index contributed by atoms with van der Waals surface area (Å²) in [6.07, 6.45) is 2.87. The predicted octanol–water partition coefficient (Wildman–Crippen LogP) is 4.43. The molecule has 10 heteroatoms. The first-order valence-corrected chi connectivity index (χ1v) is 10.5. The van der Waals surface area contributed by atoms with Crippen molar-refractivity contribution in [1.29, 1.82) is 0 Å². The summed E-state index contributed by atoms with van der Waals surface area (Å²) in [5, 5.41) is 0.387. The summed E-state index contributed by atoms with van der Waals surface area (Å²) in [4.78, 5) is 15.1. The Balaban J connectivity index is 1.50. The van der Waals surface area contributed by atoms with E-state index in [0.717, 1.165) is 22.5 Å². The normalized spacial score (nSPS) is 14.8. The number of rotatable bonds is 5. The zero-order chi connectivity index (χ0) is 23.1. The highest BCUT2D eigenvalue weighted by Crippen LogP contribution is 2.39. The molecule has 0 saturated heterocycles. The average Bonchev–Trinajstić information content (AvgIpc) is 3.45. The number of hydrogen-bond acceptors (Lipinski definition) is 7. The van der Waals surface area contributed by atoms with Crippen molar-refractivity contribution < 1.29 is 13.9 Å². The Kier molecular flexibility index (Phi) is 5.35. The van der Waals surface area contributed by atoms with E-state index in [1.165, 1.54) is 12.1 Å². The van der Waals surface area contributed by atoms with Crippen LogP contribution in [-0.4, -0.2) is 33.7 Å². The van der Waals surface area contributed by atoms with Crippen LogP contribution < -0.4 is 15.4 Å². The van der Waals surface area contributed by atoms with Gasteiger partial charge in [0.25, 0.3) is 0 Å². The van der Waals surface area contributed by atoms with Gasteiger partial charge in [-0.2, -0.15) is 4.98 Å². The number of hydrogen-bond donors (Lipinski definition) is 1. The highest BCUT2D eigenvalue weighted by molar-refractivity contribution is 6.29. The monoisotopic (exact) mass is 466 g/mol. The van der Waals surface area contributed by atoms with Crippen LogP contribution in [0, 0.1) is 5.82 Å². The van der Waals surface area contributed by atoms with E-state index in [-0.39, 0.29) is 5.82 Å². The van der Waals surface area contributed by atoms with Crippen LogP contribution in [0.1, 0.15) is 22.9 Å². The van der Waals surface area contributed by atoms with Gasteiger partial charge < -0.3 is 24.7 Å². The Morgan fingerprint density at radius 3 is 2.70 bits per heavy atom. The smallest absolute Gasteiger partial charge is 0.231 e. The topological polar surface area (TPSA) is 91.3 Å². The SMILES string of the molecule is COc1cc(N(C)c2nc(N)c3c(n2)C(c2ccc(F)cc2)OC3)ccc1-n1cnc(Cl)c1. The van der Waals surface area contributed by atoms with Gasteiger partial charge in [-0.1, -0.05) is 23.7 Å². The molecule has 0 fully saturated rings. The number of methoxy groups -OCH3 is 1. The second-order valence-corrected chi connectivity index (χ2v) is 7.92. The molecule has 0 spiro atoms. The largest absolute Gasteiger partial charge is 0.494 e. The van der Waals surface area contributed by atoms with E-state index in [1.54, 1.807) is 36.3 Å². The number of ether oxygens (including phenoxy) is 2. The molecular formula is C23H20ClFN6O2. The maximum atomic E-state index is 13.4. The molecule has 1 atom stereocenters. The molecule has 1 unspecified atom stereocenters. The maximum Gasteiger partial charge on any atom is 0.231 e. The highest BCUT2D eigenvalue weighted by Gasteiger charge is 2.30. The van der Waals surface area contributed by atoms with Gasteiger partial charge in [0.15, 0.2) is 0 Å². The van der Waals surface area contributed by atoms with Gasteiger partial charge in [0.2, 0.25) is 5.95 Å². The third-order valence-electron chi connectivity index (χ3n) is 5.55. The minimum Gasteiger partial charge on any atom is -0.494 e. The fourth-order valence-electron chi connectivity index (χ4n) is 3.79. The number of anilines is 3. The molecule has 1 aliphatic rings. The van der Waals surface area contributed by atoms with E-state index in [4.69, 9.17) is 31.8 Å². The lowest BCUT2D eigenvalue weighted by molar-refractivity contribution is 0.0924. The molecule has 3 heterocycles. The molecule has 0 saturated carbocycles. The number of nitrogens with two attached hydrogens (primary N) is 1. The Morgan fingerprint density at radius 1 is 1.21 bits per heavy atom. The number of fused-ring (bicyclic) bond motifs is 1. The van der Waals surface area contributed by atoms with Crippen molar-refractivity contribution in [2.24, 2.45) is 0 Å². The summed E-state index contributed by atoms with van der Waals surface area (Å²) in [5.41, 5.74) is 10.0. The van der Waals surface area contributed by atoms with Crippen molar-refractivity contribution in [1.82, 2.24) is 19.5 Å². The Morgan fingerprint density at radius 2 is 2.00 bits per heavy atom. The number of halogens is 2. The van der Waals surface area contributed by atoms with Crippen molar-refractivity contribution in [3.63, 3.8) is 0 Å². The number of benzene rings is 2. The van der Waals surface area contributed by atoms with E-state index in [1.807, 2.05) is 30.1 Å². The summed E-state index contributed by atoms with van der Waals surface area (Å²) in [7, 11) is 3.43. The minimum atomic E-state index is -0.444. The molecule has 2 aromatic carbocycles. The third kappa shape index (κ3) is 3.85. The molecule has 0 radical (unpaired) electrons. The van der Waals surface area contributed by atoms with E-state index in [9.17, 15) is 4.39 Å². The number of aromatic nitrogens is 4. The van der Waals surface area contributed by atoms with E-state index >= 15 is 0 Å². The first-order chi connectivity index (χ1) is 15.9. The quantitative estimate of drug-likeness (QED) is 0.465. The Labute approximate surface area is 194 Å². The molecule has 0 amide bonds. The molecule has 168 valence electrons. The summed E-state index contributed by atoms with van der Waals surface area (Å²) >= 11 is 5.95. The maximum absolute atomic E-state index is 13.4. The molecule has 4 aromatic rings. The number of imidazole rings is 1. The molecule has 33 heavy (non-hydrogen) atoms. The standard InChI is InChI=1S/C23H20ClFN6O2/c1-30(15-7-8-17(18(9-15)32-2)31-10-19(24)27-12-31)23-28-20-16(22(26)29-23)11-33-21(20)13-3-5-14(25)6-4-13/h3-10,12,21H,11H2,1-2H3,(H2,26,28,29). The molecule has 2 aromatic heterocycles. The molecule has 0 bridgehead atoms. The van der Waals surface area contributed by atoms with Crippen molar-refractivity contribution in [3.05, 3.63) is 82.8 Å². The molecular weight excluding hydrogens is 447 g/mol. The van der Waals surface area contributed by atoms with Crippen molar-refractivity contribution >= 4 is 29.1 Å². The molecule has 2 N–H and O–H groups in total. The molecule has 8 nitrogen and oxygen atoms in total. The number of nitrogen functional groups attached to an aromatic ring is 1. The molecule has 1 aliphatic heterocycles. The Bertz CT molecular complexity index is 1330. The summed E-state index contributed by atoms with van der Waals surface area (Å²) in [5.74, 6) is 1.07. The molecule has 0 aliphatic carbocycles. The van der Waals surface area contributed by atoms with E-state index < -0.39 is 6.10 Å². The van der Waals surface area contributed by atoms with Crippen LogP contribution in [0.2, 0.25) is 5.15 Å². The lowest BCUT2D eigenvalue weighted by Crippen LogP contribution is -2.16. The van der Waals surface area contributed by atoms with Gasteiger partial charge in [0, 0.05) is 30.6 Å². The summed E-state index contributed by atoms with van der Waals surface area (Å²) in [6.45, 7) is 0.295. The second kappa shape index (κ2) is 8.34. The van der Waals surface area contributed by atoms with Crippen LogP contribution in [0.3, 0.4) is 0 Å². The lowest BCUT2D eigenvalue weighted by atomic mass is 10.0. The van der Waals surface area contributed by atoms with Crippen molar-refractivity contribution in [2.45, 2.75) is 12.7 Å². The summed E-state index contributed by atoms with van der Waals surface area (Å²) in [6, 6.07) is 11.8. The molecule has 5 rings (SSSR count).